The Hall–Kier alpha value is -1.91. The van der Waals surface area contributed by atoms with Gasteiger partial charge in [0, 0.05) is 18.8 Å². The lowest BCUT2D eigenvalue weighted by atomic mass is 10.1. The summed E-state index contributed by atoms with van der Waals surface area (Å²) in [7, 11) is 0. The number of aromatic nitrogens is 1. The first-order chi connectivity index (χ1) is 8.63. The van der Waals surface area contributed by atoms with E-state index in [4.69, 9.17) is 5.11 Å². The molecule has 2 rings (SSSR count). The summed E-state index contributed by atoms with van der Waals surface area (Å²) in [4.78, 5) is 28.9. The lowest BCUT2D eigenvalue weighted by molar-refractivity contribution is 0.0696. The topological polar surface area (TPSA) is 70.5 Å². The van der Waals surface area contributed by atoms with E-state index in [9.17, 15) is 9.59 Å². The Bertz CT molecular complexity index is 473. The molecule has 5 heteroatoms. The number of pyridine rings is 1. The molecule has 1 N–H and O–H groups in total. The zero-order valence-electron chi connectivity index (χ0n) is 10.3. The van der Waals surface area contributed by atoms with Gasteiger partial charge in [-0.15, -0.1) is 0 Å². The predicted molar refractivity (Wildman–Crippen MR) is 65.5 cm³/mol. The minimum atomic E-state index is -1.04. The molecule has 1 unspecified atom stereocenters. The number of nitrogens with zero attached hydrogens (tertiary/aromatic N) is 2. The Kier molecular flexibility index (Phi) is 3.60. The Morgan fingerprint density at radius 3 is 3.00 bits per heavy atom. The van der Waals surface area contributed by atoms with Crippen molar-refractivity contribution < 1.29 is 14.7 Å². The SMILES string of the molecule is CCC1CCCN1C(=O)c1cc(C(=O)O)ccn1. The van der Waals surface area contributed by atoms with Crippen molar-refractivity contribution in [2.24, 2.45) is 0 Å². The normalized spacial score (nSPS) is 18.9. The maximum absolute atomic E-state index is 12.3. The Balaban J connectivity index is 2.23. The monoisotopic (exact) mass is 248 g/mol. The van der Waals surface area contributed by atoms with Gasteiger partial charge in [-0.25, -0.2) is 4.79 Å². The molecule has 0 aromatic carbocycles. The van der Waals surface area contributed by atoms with Crippen molar-refractivity contribution in [3.63, 3.8) is 0 Å². The number of rotatable bonds is 3. The Morgan fingerprint density at radius 1 is 1.56 bits per heavy atom. The third kappa shape index (κ3) is 2.34. The average molecular weight is 248 g/mol. The number of carbonyl (C=O) groups excluding carboxylic acids is 1. The molecule has 1 aliphatic heterocycles. The van der Waals surface area contributed by atoms with Crippen molar-refractivity contribution in [2.45, 2.75) is 32.2 Å². The predicted octanol–water partition coefficient (Wildman–Crippen LogP) is 1.79. The molecule has 0 bridgehead atoms. The van der Waals surface area contributed by atoms with Gasteiger partial charge in [-0.3, -0.25) is 9.78 Å². The highest BCUT2D eigenvalue weighted by Gasteiger charge is 2.28. The highest BCUT2D eigenvalue weighted by molar-refractivity contribution is 5.96. The molecule has 1 saturated heterocycles. The van der Waals surface area contributed by atoms with Crippen LogP contribution in [-0.4, -0.2) is 39.5 Å². The minimum absolute atomic E-state index is 0.0978. The third-order valence-corrected chi connectivity index (χ3v) is 3.34. The summed E-state index contributed by atoms with van der Waals surface area (Å²) in [6.45, 7) is 2.79. The second-order valence-electron chi connectivity index (χ2n) is 4.44. The zero-order valence-corrected chi connectivity index (χ0v) is 10.3. The van der Waals surface area contributed by atoms with Gasteiger partial charge in [0.2, 0.25) is 0 Å². The van der Waals surface area contributed by atoms with Gasteiger partial charge < -0.3 is 10.0 Å². The molecule has 2 heterocycles. The first kappa shape index (κ1) is 12.5. The first-order valence-electron chi connectivity index (χ1n) is 6.13. The number of hydrogen-bond acceptors (Lipinski definition) is 3. The quantitative estimate of drug-likeness (QED) is 0.885. The molecule has 0 aliphatic carbocycles. The Morgan fingerprint density at radius 2 is 2.33 bits per heavy atom. The number of carbonyl (C=O) groups is 2. The number of carboxylic acids is 1. The van der Waals surface area contributed by atoms with Gasteiger partial charge in [0.1, 0.15) is 5.69 Å². The molecular weight excluding hydrogens is 232 g/mol. The van der Waals surface area contributed by atoms with Crippen LogP contribution in [0.1, 0.15) is 47.0 Å². The van der Waals surface area contributed by atoms with Crippen LogP contribution in [0, 0.1) is 0 Å². The summed E-state index contributed by atoms with van der Waals surface area (Å²) < 4.78 is 0. The van der Waals surface area contributed by atoms with Gasteiger partial charge in [0.15, 0.2) is 0 Å². The van der Waals surface area contributed by atoms with E-state index >= 15 is 0 Å². The fourth-order valence-corrected chi connectivity index (χ4v) is 2.36. The molecule has 5 nitrogen and oxygen atoms in total. The van der Waals surface area contributed by atoms with Crippen LogP contribution < -0.4 is 0 Å². The van der Waals surface area contributed by atoms with Gasteiger partial charge in [0.05, 0.1) is 5.56 Å². The van der Waals surface area contributed by atoms with Gasteiger partial charge in [-0.1, -0.05) is 6.92 Å². The zero-order chi connectivity index (χ0) is 13.1. The maximum atomic E-state index is 12.3. The van der Waals surface area contributed by atoms with E-state index in [1.807, 2.05) is 0 Å². The van der Waals surface area contributed by atoms with Crippen molar-refractivity contribution in [3.05, 3.63) is 29.6 Å². The van der Waals surface area contributed by atoms with E-state index in [1.54, 1.807) is 4.90 Å². The van der Waals surface area contributed by atoms with Crippen LogP contribution in [0.25, 0.3) is 0 Å². The van der Waals surface area contributed by atoms with Gasteiger partial charge in [0.25, 0.3) is 5.91 Å². The summed E-state index contributed by atoms with van der Waals surface area (Å²) >= 11 is 0. The number of aromatic carboxylic acids is 1. The molecule has 96 valence electrons. The fourth-order valence-electron chi connectivity index (χ4n) is 2.36. The molecule has 1 atom stereocenters. The van der Waals surface area contributed by atoms with Crippen LogP contribution >= 0.6 is 0 Å². The summed E-state index contributed by atoms with van der Waals surface area (Å²) in [5.74, 6) is -1.21. The molecule has 0 spiro atoms. The molecular formula is C13H16N2O3. The summed E-state index contributed by atoms with van der Waals surface area (Å²) in [5.41, 5.74) is 0.316. The first-order valence-corrected chi connectivity index (χ1v) is 6.13. The van der Waals surface area contributed by atoms with E-state index < -0.39 is 5.97 Å². The second kappa shape index (κ2) is 5.16. The van der Waals surface area contributed by atoms with Crippen LogP contribution in [0.3, 0.4) is 0 Å². The molecule has 1 amide bonds. The van der Waals surface area contributed by atoms with Gasteiger partial charge in [-0.2, -0.15) is 0 Å². The van der Waals surface area contributed by atoms with E-state index in [-0.39, 0.29) is 23.2 Å². The fraction of sp³-hybridized carbons (Fsp3) is 0.462. The van der Waals surface area contributed by atoms with Crippen molar-refractivity contribution >= 4 is 11.9 Å². The largest absolute Gasteiger partial charge is 0.478 e. The standard InChI is InChI=1S/C13H16N2O3/c1-2-10-4-3-7-15(10)12(16)11-8-9(13(17)18)5-6-14-11/h5-6,8,10H,2-4,7H2,1H3,(H,17,18). The van der Waals surface area contributed by atoms with Crippen molar-refractivity contribution in [2.75, 3.05) is 6.54 Å². The van der Waals surface area contributed by atoms with Crippen LogP contribution in [0.5, 0.6) is 0 Å². The molecule has 1 aromatic rings. The second-order valence-corrected chi connectivity index (χ2v) is 4.44. The smallest absolute Gasteiger partial charge is 0.335 e. The van der Waals surface area contributed by atoms with E-state index in [2.05, 4.69) is 11.9 Å². The summed E-state index contributed by atoms with van der Waals surface area (Å²) in [5, 5.41) is 8.90. The van der Waals surface area contributed by atoms with E-state index in [1.165, 1.54) is 18.3 Å². The Labute approximate surface area is 105 Å². The summed E-state index contributed by atoms with van der Waals surface area (Å²) in [6, 6.07) is 2.99. The van der Waals surface area contributed by atoms with E-state index in [0.29, 0.717) is 0 Å². The molecule has 1 fully saturated rings. The minimum Gasteiger partial charge on any atom is -0.478 e. The van der Waals surface area contributed by atoms with Crippen LogP contribution in [0.2, 0.25) is 0 Å². The van der Waals surface area contributed by atoms with Gasteiger partial charge >= 0.3 is 5.97 Å². The number of amides is 1. The molecule has 1 aliphatic rings. The lowest BCUT2D eigenvalue weighted by Gasteiger charge is -2.23. The number of carboxylic acid groups (broad SMARTS) is 1. The van der Waals surface area contributed by atoms with Crippen molar-refractivity contribution in [3.8, 4) is 0 Å². The van der Waals surface area contributed by atoms with Crippen LogP contribution in [0.4, 0.5) is 0 Å². The lowest BCUT2D eigenvalue weighted by Crippen LogP contribution is -2.35. The van der Waals surface area contributed by atoms with Crippen molar-refractivity contribution in [1.29, 1.82) is 0 Å². The van der Waals surface area contributed by atoms with E-state index in [0.717, 1.165) is 25.8 Å². The highest BCUT2D eigenvalue weighted by Crippen LogP contribution is 2.21. The number of likely N-dealkylation sites (tertiary alicyclic amines) is 1. The maximum Gasteiger partial charge on any atom is 0.335 e. The molecule has 0 radical (unpaired) electrons. The van der Waals surface area contributed by atoms with Crippen LogP contribution in [-0.2, 0) is 0 Å². The molecule has 0 saturated carbocycles. The molecule has 18 heavy (non-hydrogen) atoms. The summed E-state index contributed by atoms with van der Waals surface area (Å²) in [6.07, 6.45) is 4.31. The van der Waals surface area contributed by atoms with Crippen molar-refractivity contribution in [1.82, 2.24) is 9.88 Å². The average Bonchev–Trinajstić information content (AvgIpc) is 2.86. The number of hydrogen-bond donors (Lipinski definition) is 1. The molecule has 1 aromatic heterocycles. The van der Waals surface area contributed by atoms with Gasteiger partial charge in [-0.05, 0) is 31.4 Å². The van der Waals surface area contributed by atoms with Crippen LogP contribution in [0.15, 0.2) is 18.3 Å². The third-order valence-electron chi connectivity index (χ3n) is 3.34. The highest BCUT2D eigenvalue weighted by atomic mass is 16.4.